The monoisotopic (exact) mass is 491 g/mol. The number of rotatable bonds is 12. The number of halogens is 1. The van der Waals surface area contributed by atoms with Crippen LogP contribution in [-0.2, 0) is 4.79 Å². The van der Waals surface area contributed by atoms with Crippen molar-refractivity contribution in [2.45, 2.75) is 70.5 Å². The summed E-state index contributed by atoms with van der Waals surface area (Å²) in [6.07, 6.45) is 1.44. The van der Waals surface area contributed by atoms with Crippen molar-refractivity contribution in [1.29, 1.82) is 0 Å². The summed E-state index contributed by atoms with van der Waals surface area (Å²) in [6, 6.07) is 5.55. The normalized spacial score (nSPS) is 15.8. The van der Waals surface area contributed by atoms with Crippen LogP contribution in [0.15, 0.2) is 24.3 Å². The zero-order valence-corrected chi connectivity index (χ0v) is 20.1. The fourth-order valence-electron chi connectivity index (χ4n) is 4.38. The van der Waals surface area contributed by atoms with E-state index in [2.05, 4.69) is 10.4 Å². The molecule has 3 rings (SSSR count). The van der Waals surface area contributed by atoms with Crippen LogP contribution in [0.25, 0.3) is 5.69 Å². The highest BCUT2D eigenvalue weighted by Crippen LogP contribution is 2.33. The number of nitrogens with zero attached hydrogens (tertiary/aromatic N) is 2. The van der Waals surface area contributed by atoms with Crippen LogP contribution in [0.2, 0.25) is 0 Å². The second kappa shape index (κ2) is 12.1. The number of aromatic nitrogens is 2. The summed E-state index contributed by atoms with van der Waals surface area (Å²) < 4.78 is 20.8. The van der Waals surface area contributed by atoms with Gasteiger partial charge in [0.1, 0.15) is 12.4 Å². The van der Waals surface area contributed by atoms with Gasteiger partial charge in [0.05, 0.1) is 24.3 Å². The molecule has 1 amide bonds. The third-order valence-corrected chi connectivity index (χ3v) is 6.13. The minimum atomic E-state index is -1.23. The molecule has 0 bridgehead atoms. The van der Waals surface area contributed by atoms with E-state index >= 15 is 0 Å². The Bertz CT molecular complexity index is 1000. The van der Waals surface area contributed by atoms with Gasteiger partial charge in [0.15, 0.2) is 5.69 Å². The Kier molecular flexibility index (Phi) is 9.22. The van der Waals surface area contributed by atoms with Crippen LogP contribution in [0.5, 0.6) is 5.88 Å². The van der Waals surface area contributed by atoms with Gasteiger partial charge >= 0.3 is 5.97 Å². The van der Waals surface area contributed by atoms with Gasteiger partial charge in [-0.15, -0.1) is 0 Å². The Morgan fingerprint density at radius 3 is 2.43 bits per heavy atom. The van der Waals surface area contributed by atoms with E-state index in [-0.39, 0.29) is 36.4 Å². The van der Waals surface area contributed by atoms with E-state index in [1.54, 1.807) is 0 Å². The summed E-state index contributed by atoms with van der Waals surface area (Å²) in [5.74, 6) is -1.42. The van der Waals surface area contributed by atoms with Gasteiger partial charge < -0.3 is 25.4 Å². The summed E-state index contributed by atoms with van der Waals surface area (Å²) in [7, 11) is 0. The number of carboxylic acids is 1. The van der Waals surface area contributed by atoms with E-state index in [0.717, 1.165) is 12.8 Å². The molecule has 2 aromatic rings. The van der Waals surface area contributed by atoms with E-state index in [1.165, 1.54) is 41.8 Å². The average Bonchev–Trinajstić information content (AvgIpc) is 3.44. The standard InChI is InChI=1S/C25H34FN3O6/c1-15(2)22-23(24(34)27-13-16-5-3-4-6-16)28-29(18-9-7-17(26)8-10-18)25(22)35-14-20(31)11-19(30)12-21(32)33/h7-10,15-16,19-20,30-31H,3-6,11-14H2,1-2H3,(H,27,34)(H,32,33)/t19-,20+/m1/s1. The number of hydrogen-bond donors (Lipinski definition) is 4. The van der Waals surface area contributed by atoms with Crippen molar-refractivity contribution >= 4 is 11.9 Å². The van der Waals surface area contributed by atoms with E-state index in [1.807, 2.05) is 13.8 Å². The molecule has 1 fully saturated rings. The lowest BCUT2D eigenvalue weighted by molar-refractivity contribution is -0.139. The molecule has 10 heteroatoms. The SMILES string of the molecule is CC(C)c1c(C(=O)NCC2CCCC2)nn(-c2ccc(F)cc2)c1OC[C@@H](O)C[C@@H](O)CC(=O)O. The third kappa shape index (κ3) is 7.25. The van der Waals surface area contributed by atoms with Crippen molar-refractivity contribution in [3.63, 3.8) is 0 Å². The minimum Gasteiger partial charge on any atom is -0.481 e. The number of carboxylic acid groups (broad SMARTS) is 1. The Morgan fingerprint density at radius 1 is 1.17 bits per heavy atom. The minimum absolute atomic E-state index is 0.166. The number of carbonyl (C=O) groups excluding carboxylic acids is 1. The molecular formula is C25H34FN3O6. The van der Waals surface area contributed by atoms with Crippen LogP contribution in [0, 0.1) is 11.7 Å². The van der Waals surface area contributed by atoms with Crippen molar-refractivity contribution in [2.24, 2.45) is 5.92 Å². The maximum Gasteiger partial charge on any atom is 0.305 e. The number of carbonyl (C=O) groups is 2. The fraction of sp³-hybridized carbons (Fsp3) is 0.560. The Labute approximate surface area is 203 Å². The van der Waals surface area contributed by atoms with Crippen LogP contribution in [-0.4, -0.2) is 62.3 Å². The number of ether oxygens (including phenoxy) is 1. The third-order valence-electron chi connectivity index (χ3n) is 6.13. The first-order valence-corrected chi connectivity index (χ1v) is 12.0. The van der Waals surface area contributed by atoms with Gasteiger partial charge in [0.25, 0.3) is 5.91 Å². The highest BCUT2D eigenvalue weighted by molar-refractivity contribution is 5.94. The molecule has 0 radical (unpaired) electrons. The number of benzene rings is 1. The van der Waals surface area contributed by atoms with Gasteiger partial charge in [-0.1, -0.05) is 26.7 Å². The molecule has 0 saturated heterocycles. The predicted molar refractivity (Wildman–Crippen MR) is 126 cm³/mol. The molecule has 0 unspecified atom stereocenters. The van der Waals surface area contributed by atoms with Crippen molar-refractivity contribution in [1.82, 2.24) is 15.1 Å². The van der Waals surface area contributed by atoms with Gasteiger partial charge in [-0.2, -0.15) is 5.10 Å². The summed E-state index contributed by atoms with van der Waals surface area (Å²) in [6.45, 7) is 4.09. The van der Waals surface area contributed by atoms with Crippen molar-refractivity contribution in [2.75, 3.05) is 13.2 Å². The molecule has 1 aromatic heterocycles. The van der Waals surface area contributed by atoms with Gasteiger partial charge in [0, 0.05) is 18.5 Å². The first-order chi connectivity index (χ1) is 16.7. The molecule has 1 heterocycles. The van der Waals surface area contributed by atoms with Crippen LogP contribution in [0.4, 0.5) is 4.39 Å². The highest BCUT2D eigenvalue weighted by atomic mass is 19.1. The topological polar surface area (TPSA) is 134 Å². The molecule has 35 heavy (non-hydrogen) atoms. The molecule has 9 nitrogen and oxygen atoms in total. The number of aliphatic hydroxyl groups excluding tert-OH is 2. The van der Waals surface area contributed by atoms with Crippen molar-refractivity contribution < 1.29 is 34.0 Å². The number of nitrogens with one attached hydrogen (secondary N) is 1. The summed E-state index contributed by atoms with van der Waals surface area (Å²) in [5, 5.41) is 36.4. The average molecular weight is 492 g/mol. The van der Waals surface area contributed by atoms with Gasteiger partial charge in [-0.25, -0.2) is 9.07 Å². The maximum atomic E-state index is 13.5. The van der Waals surface area contributed by atoms with Crippen LogP contribution >= 0.6 is 0 Å². The molecule has 4 N–H and O–H groups in total. The quantitative estimate of drug-likeness (QED) is 0.359. The number of amides is 1. The molecule has 1 aromatic carbocycles. The molecule has 2 atom stereocenters. The summed E-state index contributed by atoms with van der Waals surface area (Å²) >= 11 is 0. The lowest BCUT2D eigenvalue weighted by Gasteiger charge is -2.18. The Balaban J connectivity index is 1.87. The fourth-order valence-corrected chi connectivity index (χ4v) is 4.38. The smallest absolute Gasteiger partial charge is 0.305 e. The molecule has 192 valence electrons. The largest absolute Gasteiger partial charge is 0.481 e. The van der Waals surface area contributed by atoms with E-state index in [0.29, 0.717) is 23.7 Å². The number of aliphatic carboxylic acids is 1. The molecule has 0 aliphatic heterocycles. The zero-order valence-electron chi connectivity index (χ0n) is 20.1. The number of hydrogen-bond acceptors (Lipinski definition) is 6. The Morgan fingerprint density at radius 2 is 1.83 bits per heavy atom. The predicted octanol–water partition coefficient (Wildman–Crippen LogP) is 3.02. The lowest BCUT2D eigenvalue weighted by atomic mass is 10.0. The van der Waals surface area contributed by atoms with E-state index < -0.39 is 30.4 Å². The van der Waals surface area contributed by atoms with Gasteiger partial charge in [0.2, 0.25) is 5.88 Å². The first-order valence-electron chi connectivity index (χ1n) is 12.0. The molecule has 1 aliphatic carbocycles. The van der Waals surface area contributed by atoms with E-state index in [4.69, 9.17) is 9.84 Å². The van der Waals surface area contributed by atoms with E-state index in [9.17, 15) is 24.2 Å². The molecular weight excluding hydrogens is 457 g/mol. The highest BCUT2D eigenvalue weighted by Gasteiger charge is 2.28. The number of aliphatic hydroxyl groups is 2. The second-order valence-electron chi connectivity index (χ2n) is 9.42. The maximum absolute atomic E-state index is 13.5. The van der Waals surface area contributed by atoms with Gasteiger partial charge in [-0.3, -0.25) is 9.59 Å². The van der Waals surface area contributed by atoms with Crippen molar-refractivity contribution in [3.8, 4) is 11.6 Å². The Hall–Kier alpha value is -2.98. The summed E-state index contributed by atoms with van der Waals surface area (Å²) in [4.78, 5) is 23.9. The lowest BCUT2D eigenvalue weighted by Crippen LogP contribution is -2.29. The molecule has 1 aliphatic rings. The molecule has 1 saturated carbocycles. The van der Waals surface area contributed by atoms with Crippen molar-refractivity contribution in [3.05, 3.63) is 41.3 Å². The zero-order chi connectivity index (χ0) is 25.5. The van der Waals surface area contributed by atoms with Crippen LogP contribution in [0.1, 0.15) is 74.3 Å². The summed E-state index contributed by atoms with van der Waals surface area (Å²) in [5.41, 5.74) is 1.20. The molecule has 0 spiro atoms. The van der Waals surface area contributed by atoms with Crippen LogP contribution < -0.4 is 10.1 Å². The van der Waals surface area contributed by atoms with Crippen LogP contribution in [0.3, 0.4) is 0 Å². The second-order valence-corrected chi connectivity index (χ2v) is 9.42. The van der Waals surface area contributed by atoms with Gasteiger partial charge in [-0.05, 0) is 48.9 Å². The first kappa shape index (κ1) is 26.6.